The number of carbonyl (C=O) groups excluding carboxylic acids is 1. The number of nitrogens with two attached hydrogens (primary N) is 1. The maximum atomic E-state index is 12.2. The standard InChI is InChI=1S/C15H20N4O2/c16-11-4-5-12-13(10-11)21-18-14(12)15(20)17-6-9-19-7-2-1-3-8-19/h4-5,10H,1-3,6-9,16H2,(H,17,20). The van der Waals surface area contributed by atoms with Gasteiger partial charge in [0.05, 0.1) is 5.39 Å². The highest BCUT2D eigenvalue weighted by Crippen LogP contribution is 2.20. The molecule has 1 saturated heterocycles. The quantitative estimate of drug-likeness (QED) is 0.835. The van der Waals surface area contributed by atoms with E-state index in [4.69, 9.17) is 10.3 Å². The number of carbonyl (C=O) groups is 1. The van der Waals surface area contributed by atoms with Gasteiger partial charge >= 0.3 is 0 Å². The van der Waals surface area contributed by atoms with Crippen molar-refractivity contribution in [3.8, 4) is 0 Å². The van der Waals surface area contributed by atoms with Crippen molar-refractivity contribution in [1.29, 1.82) is 0 Å². The second-order valence-corrected chi connectivity index (χ2v) is 5.44. The summed E-state index contributed by atoms with van der Waals surface area (Å²) in [6.07, 6.45) is 3.82. The minimum absolute atomic E-state index is 0.199. The molecule has 3 rings (SSSR count). The van der Waals surface area contributed by atoms with Crippen LogP contribution in [-0.4, -0.2) is 42.1 Å². The van der Waals surface area contributed by atoms with E-state index in [-0.39, 0.29) is 5.91 Å². The molecule has 0 saturated carbocycles. The third kappa shape index (κ3) is 3.16. The Morgan fingerprint density at radius 2 is 2.14 bits per heavy atom. The Morgan fingerprint density at radius 3 is 2.95 bits per heavy atom. The van der Waals surface area contributed by atoms with Gasteiger partial charge in [0.15, 0.2) is 11.3 Å². The fourth-order valence-electron chi connectivity index (χ4n) is 2.71. The van der Waals surface area contributed by atoms with Crippen molar-refractivity contribution < 1.29 is 9.32 Å². The summed E-state index contributed by atoms with van der Waals surface area (Å²) >= 11 is 0. The molecule has 1 aromatic carbocycles. The zero-order chi connectivity index (χ0) is 14.7. The number of nitrogen functional groups attached to an aromatic ring is 1. The van der Waals surface area contributed by atoms with Crippen LogP contribution in [0, 0.1) is 0 Å². The van der Waals surface area contributed by atoms with Crippen molar-refractivity contribution in [3.63, 3.8) is 0 Å². The molecule has 112 valence electrons. The van der Waals surface area contributed by atoms with E-state index in [1.165, 1.54) is 19.3 Å². The van der Waals surface area contributed by atoms with Crippen molar-refractivity contribution in [2.24, 2.45) is 0 Å². The maximum absolute atomic E-state index is 12.2. The summed E-state index contributed by atoms with van der Waals surface area (Å²) in [6.45, 7) is 3.76. The second kappa shape index (κ2) is 6.13. The lowest BCUT2D eigenvalue weighted by molar-refractivity contribution is 0.0939. The molecule has 0 aliphatic carbocycles. The molecule has 1 aliphatic rings. The fraction of sp³-hybridized carbons (Fsp3) is 0.467. The smallest absolute Gasteiger partial charge is 0.274 e. The van der Waals surface area contributed by atoms with Gasteiger partial charge < -0.3 is 20.5 Å². The number of fused-ring (bicyclic) bond motifs is 1. The highest BCUT2D eigenvalue weighted by atomic mass is 16.5. The van der Waals surface area contributed by atoms with Crippen molar-refractivity contribution in [3.05, 3.63) is 23.9 Å². The molecular formula is C15H20N4O2. The summed E-state index contributed by atoms with van der Waals surface area (Å²) in [7, 11) is 0. The first kappa shape index (κ1) is 13.9. The van der Waals surface area contributed by atoms with E-state index in [1.54, 1.807) is 18.2 Å². The van der Waals surface area contributed by atoms with Crippen molar-refractivity contribution in [1.82, 2.24) is 15.4 Å². The molecule has 0 spiro atoms. The molecule has 2 aromatic rings. The van der Waals surface area contributed by atoms with Gasteiger partial charge in [-0.15, -0.1) is 0 Å². The van der Waals surface area contributed by atoms with Crippen LogP contribution in [0.1, 0.15) is 29.8 Å². The normalized spacial score (nSPS) is 16.2. The lowest BCUT2D eigenvalue weighted by Gasteiger charge is -2.26. The summed E-state index contributed by atoms with van der Waals surface area (Å²) in [5.74, 6) is -0.199. The molecule has 6 heteroatoms. The Labute approximate surface area is 123 Å². The predicted octanol–water partition coefficient (Wildman–Crippen LogP) is 1.63. The Balaban J connectivity index is 1.59. The number of hydrogen-bond acceptors (Lipinski definition) is 5. The van der Waals surface area contributed by atoms with Crippen LogP contribution in [0.2, 0.25) is 0 Å². The molecule has 2 heterocycles. The van der Waals surface area contributed by atoms with Gasteiger partial charge in [-0.05, 0) is 38.1 Å². The Hall–Kier alpha value is -2.08. The minimum atomic E-state index is -0.199. The highest BCUT2D eigenvalue weighted by Gasteiger charge is 2.16. The largest absolute Gasteiger partial charge is 0.399 e. The van der Waals surface area contributed by atoms with Crippen LogP contribution in [0.3, 0.4) is 0 Å². The van der Waals surface area contributed by atoms with Crippen molar-refractivity contribution in [2.75, 3.05) is 31.9 Å². The van der Waals surface area contributed by atoms with Gasteiger partial charge in [-0.3, -0.25) is 4.79 Å². The van der Waals surface area contributed by atoms with E-state index in [9.17, 15) is 4.79 Å². The maximum Gasteiger partial charge on any atom is 0.274 e. The molecule has 0 atom stereocenters. The van der Waals surface area contributed by atoms with E-state index >= 15 is 0 Å². The van der Waals surface area contributed by atoms with E-state index in [0.29, 0.717) is 28.9 Å². The summed E-state index contributed by atoms with van der Waals surface area (Å²) in [5, 5.41) is 7.44. The number of hydrogen-bond donors (Lipinski definition) is 2. The number of nitrogens with zero attached hydrogens (tertiary/aromatic N) is 2. The topological polar surface area (TPSA) is 84.4 Å². The van der Waals surface area contributed by atoms with E-state index in [2.05, 4.69) is 15.4 Å². The van der Waals surface area contributed by atoms with Crippen LogP contribution in [-0.2, 0) is 0 Å². The molecule has 3 N–H and O–H groups in total. The van der Waals surface area contributed by atoms with Gasteiger partial charge in [0.1, 0.15) is 0 Å². The van der Waals surface area contributed by atoms with Crippen LogP contribution in [0.25, 0.3) is 11.0 Å². The highest BCUT2D eigenvalue weighted by molar-refractivity contribution is 6.04. The summed E-state index contributed by atoms with van der Waals surface area (Å²) < 4.78 is 5.15. The number of aromatic nitrogens is 1. The van der Waals surface area contributed by atoms with E-state index in [0.717, 1.165) is 19.6 Å². The number of rotatable bonds is 4. The second-order valence-electron chi connectivity index (χ2n) is 5.44. The van der Waals surface area contributed by atoms with Gasteiger partial charge in [-0.25, -0.2) is 0 Å². The molecular weight excluding hydrogens is 268 g/mol. The molecule has 1 amide bonds. The lowest BCUT2D eigenvalue weighted by atomic mass is 10.1. The van der Waals surface area contributed by atoms with E-state index < -0.39 is 0 Å². The SMILES string of the molecule is Nc1ccc2c(C(=O)NCCN3CCCCC3)noc2c1. The summed E-state index contributed by atoms with van der Waals surface area (Å²) in [4.78, 5) is 14.5. The number of nitrogens with one attached hydrogen (secondary N) is 1. The van der Waals surface area contributed by atoms with Crippen molar-refractivity contribution in [2.45, 2.75) is 19.3 Å². The Morgan fingerprint density at radius 1 is 1.33 bits per heavy atom. The fourth-order valence-corrected chi connectivity index (χ4v) is 2.71. The molecule has 1 aromatic heterocycles. The predicted molar refractivity (Wildman–Crippen MR) is 81.0 cm³/mol. The first-order chi connectivity index (χ1) is 10.2. The van der Waals surface area contributed by atoms with Crippen molar-refractivity contribution >= 4 is 22.6 Å². The molecule has 1 aliphatic heterocycles. The molecule has 0 bridgehead atoms. The Kier molecular flexibility index (Phi) is 4.06. The lowest BCUT2D eigenvalue weighted by Crippen LogP contribution is -2.37. The van der Waals surface area contributed by atoms with Crippen LogP contribution >= 0.6 is 0 Å². The van der Waals surface area contributed by atoms with Gasteiger partial charge in [-0.1, -0.05) is 11.6 Å². The first-order valence-corrected chi connectivity index (χ1v) is 7.39. The molecule has 0 unspecified atom stereocenters. The number of anilines is 1. The van der Waals surface area contributed by atoms with Crippen LogP contribution in [0.4, 0.5) is 5.69 Å². The number of piperidine rings is 1. The number of amides is 1. The Bertz CT molecular complexity index is 632. The number of benzene rings is 1. The van der Waals surface area contributed by atoms with Gasteiger partial charge in [0, 0.05) is 24.8 Å². The van der Waals surface area contributed by atoms with Crippen LogP contribution in [0.15, 0.2) is 22.7 Å². The number of likely N-dealkylation sites (tertiary alicyclic amines) is 1. The van der Waals surface area contributed by atoms with Crippen LogP contribution in [0.5, 0.6) is 0 Å². The average Bonchev–Trinajstić information content (AvgIpc) is 2.91. The minimum Gasteiger partial charge on any atom is -0.399 e. The average molecular weight is 288 g/mol. The zero-order valence-corrected chi connectivity index (χ0v) is 12.0. The monoisotopic (exact) mass is 288 g/mol. The molecule has 1 fully saturated rings. The van der Waals surface area contributed by atoms with Gasteiger partial charge in [-0.2, -0.15) is 0 Å². The van der Waals surface area contributed by atoms with E-state index in [1.807, 2.05) is 0 Å². The summed E-state index contributed by atoms with van der Waals surface area (Å²) in [6, 6.07) is 5.18. The van der Waals surface area contributed by atoms with Gasteiger partial charge in [0.25, 0.3) is 5.91 Å². The molecule has 6 nitrogen and oxygen atoms in total. The zero-order valence-electron chi connectivity index (χ0n) is 12.0. The van der Waals surface area contributed by atoms with Gasteiger partial charge in [0.2, 0.25) is 0 Å². The van der Waals surface area contributed by atoms with Crippen LogP contribution < -0.4 is 11.1 Å². The first-order valence-electron chi connectivity index (χ1n) is 7.39. The third-order valence-corrected chi connectivity index (χ3v) is 3.87. The third-order valence-electron chi connectivity index (χ3n) is 3.87. The summed E-state index contributed by atoms with van der Waals surface area (Å²) in [5.41, 5.74) is 7.13. The molecule has 21 heavy (non-hydrogen) atoms. The molecule has 0 radical (unpaired) electrons.